The molecule has 2 aliphatic rings. The Balaban J connectivity index is 1.83. The number of hydrogen-bond acceptors (Lipinski definition) is 7. The average Bonchev–Trinajstić information content (AvgIpc) is 3.33. The first kappa shape index (κ1) is 33.1. The van der Waals surface area contributed by atoms with Gasteiger partial charge < -0.3 is 42.3 Å². The summed E-state index contributed by atoms with van der Waals surface area (Å²) in [5.41, 5.74) is 11.5. The summed E-state index contributed by atoms with van der Waals surface area (Å²) in [6.07, 6.45) is 5.56. The van der Waals surface area contributed by atoms with Crippen molar-refractivity contribution in [3.63, 3.8) is 0 Å². The van der Waals surface area contributed by atoms with Crippen molar-refractivity contribution in [1.29, 1.82) is 0 Å². The summed E-state index contributed by atoms with van der Waals surface area (Å²) in [5.74, 6) is -0.868. The third kappa shape index (κ3) is 9.59. The third-order valence-electron chi connectivity index (χ3n) is 8.29. The molecule has 1 aliphatic heterocycles. The molecule has 0 bridgehead atoms. The lowest BCUT2D eigenvalue weighted by Crippen LogP contribution is -2.58. The van der Waals surface area contributed by atoms with Crippen LogP contribution in [0.4, 0.5) is 0 Å². The first-order valence-electron chi connectivity index (χ1n) is 15.2. The molecular formula is C30H48N6O6. The van der Waals surface area contributed by atoms with Crippen LogP contribution in [0.5, 0.6) is 5.75 Å². The van der Waals surface area contributed by atoms with Gasteiger partial charge in [0.1, 0.15) is 17.8 Å². The monoisotopic (exact) mass is 588 g/mol. The Morgan fingerprint density at radius 1 is 1.07 bits per heavy atom. The van der Waals surface area contributed by atoms with E-state index in [0.717, 1.165) is 18.4 Å². The molecule has 1 aromatic carbocycles. The smallest absolute Gasteiger partial charge is 0.246 e. The second-order valence-electron chi connectivity index (χ2n) is 11.6. The number of nitrogens with two attached hydrogens (primary N) is 2. The summed E-state index contributed by atoms with van der Waals surface area (Å²) in [4.78, 5) is 46.4. The van der Waals surface area contributed by atoms with Gasteiger partial charge in [-0.25, -0.2) is 0 Å². The normalized spacial score (nSPS) is 23.0. The highest BCUT2D eigenvalue weighted by Crippen LogP contribution is 2.40. The van der Waals surface area contributed by atoms with Gasteiger partial charge in [0, 0.05) is 25.4 Å². The van der Waals surface area contributed by atoms with Crippen LogP contribution in [0.2, 0.25) is 0 Å². The molecule has 1 heterocycles. The van der Waals surface area contributed by atoms with Gasteiger partial charge in [0.15, 0.2) is 5.96 Å². The molecule has 9 N–H and O–H groups in total. The van der Waals surface area contributed by atoms with E-state index in [0.29, 0.717) is 57.9 Å². The molecule has 12 nitrogen and oxygen atoms in total. The number of unbranched alkanes of at least 4 members (excludes halogenated alkanes) is 2. The van der Waals surface area contributed by atoms with Crippen LogP contribution < -0.4 is 22.1 Å². The number of aromatic hydroxyl groups is 1. The number of carbonyl (C=O) groups is 3. The molecule has 234 valence electrons. The fraction of sp³-hybridized carbons (Fsp3) is 0.667. The lowest BCUT2D eigenvalue weighted by Gasteiger charge is -2.37. The van der Waals surface area contributed by atoms with Crippen molar-refractivity contribution in [3.8, 4) is 5.75 Å². The van der Waals surface area contributed by atoms with Crippen LogP contribution in [0.25, 0.3) is 0 Å². The number of nitrogens with zero attached hydrogens (tertiary/aromatic N) is 2. The Morgan fingerprint density at radius 2 is 1.81 bits per heavy atom. The molecule has 0 aromatic heterocycles. The zero-order valence-electron chi connectivity index (χ0n) is 24.6. The topological polar surface area (TPSA) is 204 Å². The number of nitrogens with one attached hydrogen (secondary N) is 2. The fourth-order valence-corrected chi connectivity index (χ4v) is 6.09. The first-order chi connectivity index (χ1) is 20.1. The van der Waals surface area contributed by atoms with Gasteiger partial charge in [-0.15, -0.1) is 0 Å². The number of aliphatic hydroxyl groups is 2. The zero-order chi connectivity index (χ0) is 30.6. The number of aliphatic hydroxyl groups excluding tert-OH is 2. The van der Waals surface area contributed by atoms with Crippen LogP contribution in [0.15, 0.2) is 29.3 Å². The Hall–Kier alpha value is -3.38. The van der Waals surface area contributed by atoms with E-state index in [9.17, 15) is 29.7 Å². The van der Waals surface area contributed by atoms with E-state index in [2.05, 4.69) is 15.6 Å². The Bertz CT molecular complexity index is 1060. The van der Waals surface area contributed by atoms with Gasteiger partial charge in [0.2, 0.25) is 17.7 Å². The average molecular weight is 589 g/mol. The highest BCUT2D eigenvalue weighted by Gasteiger charge is 2.50. The highest BCUT2D eigenvalue weighted by molar-refractivity contribution is 5.93. The van der Waals surface area contributed by atoms with Crippen LogP contribution in [0.3, 0.4) is 0 Å². The van der Waals surface area contributed by atoms with Gasteiger partial charge in [-0.3, -0.25) is 19.4 Å². The predicted molar refractivity (Wildman–Crippen MR) is 159 cm³/mol. The lowest BCUT2D eigenvalue weighted by atomic mass is 9.83. The molecule has 42 heavy (non-hydrogen) atoms. The van der Waals surface area contributed by atoms with E-state index in [1.165, 1.54) is 12.1 Å². The van der Waals surface area contributed by atoms with Gasteiger partial charge in [-0.2, -0.15) is 0 Å². The van der Waals surface area contributed by atoms with E-state index in [-0.39, 0.29) is 54.4 Å². The molecule has 1 saturated heterocycles. The predicted octanol–water partition coefficient (Wildman–Crippen LogP) is 0.661. The van der Waals surface area contributed by atoms with Crippen LogP contribution in [-0.2, 0) is 20.8 Å². The van der Waals surface area contributed by atoms with E-state index in [1.54, 1.807) is 17.0 Å². The Morgan fingerprint density at radius 3 is 2.48 bits per heavy atom. The summed E-state index contributed by atoms with van der Waals surface area (Å²) < 4.78 is 0. The van der Waals surface area contributed by atoms with Crippen LogP contribution in [0.1, 0.15) is 76.7 Å². The van der Waals surface area contributed by atoms with Crippen molar-refractivity contribution in [1.82, 2.24) is 15.5 Å². The molecule has 3 amide bonds. The maximum atomic E-state index is 14.3. The molecule has 12 heteroatoms. The number of carbonyl (C=O) groups excluding carboxylic acids is 3. The maximum absolute atomic E-state index is 14.3. The molecule has 1 saturated carbocycles. The van der Waals surface area contributed by atoms with Crippen molar-refractivity contribution in [2.45, 2.75) is 108 Å². The summed E-state index contributed by atoms with van der Waals surface area (Å²) in [6.45, 7) is 2.13. The minimum atomic E-state index is -0.926. The van der Waals surface area contributed by atoms with Crippen molar-refractivity contribution in [2.75, 3.05) is 13.2 Å². The number of rotatable bonds is 15. The quantitative estimate of drug-likeness (QED) is 0.0879. The molecule has 0 spiro atoms. The Kier molecular flexibility index (Phi) is 12.9. The van der Waals surface area contributed by atoms with Crippen LogP contribution in [-0.4, -0.2) is 87.3 Å². The van der Waals surface area contributed by atoms with E-state index < -0.39 is 24.2 Å². The largest absolute Gasteiger partial charge is 0.508 e. The van der Waals surface area contributed by atoms with Crippen molar-refractivity contribution >= 4 is 23.7 Å². The number of aliphatic imine (C=N–C) groups is 1. The van der Waals surface area contributed by atoms with Gasteiger partial charge >= 0.3 is 0 Å². The highest BCUT2D eigenvalue weighted by atomic mass is 16.3. The Labute approximate surface area is 247 Å². The van der Waals surface area contributed by atoms with Gasteiger partial charge in [0.05, 0.1) is 18.8 Å². The molecule has 2 fully saturated rings. The zero-order valence-corrected chi connectivity index (χ0v) is 24.6. The van der Waals surface area contributed by atoms with Gasteiger partial charge in [-0.05, 0) is 68.6 Å². The molecule has 6 unspecified atom stereocenters. The molecule has 1 aliphatic carbocycles. The number of fused-ring (bicyclic) bond motifs is 1. The van der Waals surface area contributed by atoms with E-state index >= 15 is 0 Å². The molecule has 3 rings (SSSR count). The van der Waals surface area contributed by atoms with Crippen LogP contribution >= 0.6 is 0 Å². The molecule has 1 aromatic rings. The number of guanidine groups is 1. The second-order valence-corrected chi connectivity index (χ2v) is 11.6. The third-order valence-corrected chi connectivity index (χ3v) is 8.29. The van der Waals surface area contributed by atoms with Crippen molar-refractivity contribution in [2.24, 2.45) is 22.4 Å². The number of likely N-dealkylation sites (tertiary alicyclic amines) is 1. The molecule has 6 atom stereocenters. The fourth-order valence-electron chi connectivity index (χ4n) is 6.09. The molecular weight excluding hydrogens is 540 g/mol. The number of amides is 3. The second kappa shape index (κ2) is 16.3. The SMILES string of the molecule is CCCCCC(=O)NC(Cc1ccc(O)cc1)C(=O)N1C(C(=O)NC(CO)CCCN=C(N)N)CC2CCC(O)CC21. The molecule has 0 radical (unpaired) electrons. The summed E-state index contributed by atoms with van der Waals surface area (Å²) in [6, 6.07) is 3.86. The number of benzene rings is 1. The van der Waals surface area contributed by atoms with Crippen molar-refractivity contribution in [3.05, 3.63) is 29.8 Å². The van der Waals surface area contributed by atoms with Crippen molar-refractivity contribution < 1.29 is 29.7 Å². The van der Waals surface area contributed by atoms with Gasteiger partial charge in [-0.1, -0.05) is 31.9 Å². The lowest BCUT2D eigenvalue weighted by molar-refractivity contribution is -0.144. The number of phenolic OH excluding ortho intramolecular Hbond substituents is 1. The number of hydrogen-bond donors (Lipinski definition) is 7. The van der Waals surface area contributed by atoms with E-state index in [4.69, 9.17) is 11.5 Å². The van der Waals surface area contributed by atoms with Gasteiger partial charge in [0.25, 0.3) is 0 Å². The summed E-state index contributed by atoms with van der Waals surface area (Å²) in [5, 5.41) is 36.0. The standard InChI is InChI=1S/C30H48N6O6/c1-2-3-4-7-27(40)35-24(15-19-8-11-22(38)12-9-19)29(42)36-25-17-23(39)13-10-20(25)16-26(36)28(41)34-21(18-37)6-5-14-33-30(31)32/h8-9,11-12,20-21,23-26,37-39H,2-7,10,13-18H2,1H3,(H,34,41)(H,35,40)(H4,31,32,33). The first-order valence-corrected chi connectivity index (χ1v) is 15.2. The summed E-state index contributed by atoms with van der Waals surface area (Å²) in [7, 11) is 0. The summed E-state index contributed by atoms with van der Waals surface area (Å²) >= 11 is 0. The minimum absolute atomic E-state index is 0.0243. The minimum Gasteiger partial charge on any atom is -0.508 e. The van der Waals surface area contributed by atoms with E-state index in [1.807, 2.05) is 6.92 Å². The maximum Gasteiger partial charge on any atom is 0.246 e. The number of phenols is 1. The van der Waals surface area contributed by atoms with Crippen LogP contribution in [0, 0.1) is 5.92 Å².